The number of nitro groups is 1. The number of amides is 1. The SMILES string of the molecule is CN(C)CCNS(=O)(=O)c1ccc(N2CCN(C(=O)C3CCCC3)CC2)c([N+](=O)[O-])c1. The maximum Gasteiger partial charge on any atom is 0.293 e. The van der Waals surface area contributed by atoms with E-state index < -0.39 is 14.9 Å². The second-order valence-electron chi connectivity index (χ2n) is 8.40. The first-order valence-electron chi connectivity index (χ1n) is 10.7. The smallest absolute Gasteiger partial charge is 0.293 e. The van der Waals surface area contributed by atoms with Crippen LogP contribution in [0.5, 0.6) is 0 Å². The lowest BCUT2D eigenvalue weighted by Crippen LogP contribution is -2.50. The Morgan fingerprint density at radius 3 is 2.42 bits per heavy atom. The molecule has 1 N–H and O–H groups in total. The Morgan fingerprint density at radius 2 is 1.84 bits per heavy atom. The number of carbonyl (C=O) groups is 1. The van der Waals surface area contributed by atoms with Crippen LogP contribution in [0.25, 0.3) is 0 Å². The molecule has 1 aromatic rings. The molecule has 1 saturated heterocycles. The molecule has 0 atom stereocenters. The summed E-state index contributed by atoms with van der Waals surface area (Å²) in [6.07, 6.45) is 4.09. The van der Waals surface area contributed by atoms with Gasteiger partial charge in [0.2, 0.25) is 15.9 Å². The normalized spacial score (nSPS) is 18.0. The summed E-state index contributed by atoms with van der Waals surface area (Å²) in [6, 6.07) is 4.01. The molecule has 3 rings (SSSR count). The van der Waals surface area contributed by atoms with E-state index in [0.717, 1.165) is 31.7 Å². The molecule has 0 aromatic heterocycles. The fourth-order valence-electron chi connectivity index (χ4n) is 4.17. The Hall–Kier alpha value is -2.24. The number of piperazine rings is 1. The van der Waals surface area contributed by atoms with Gasteiger partial charge in [-0.05, 0) is 39.1 Å². The minimum absolute atomic E-state index is 0.116. The van der Waals surface area contributed by atoms with Gasteiger partial charge in [0.15, 0.2) is 0 Å². The van der Waals surface area contributed by atoms with Crippen LogP contribution in [0.1, 0.15) is 25.7 Å². The fourth-order valence-corrected chi connectivity index (χ4v) is 5.21. The second kappa shape index (κ2) is 9.92. The van der Waals surface area contributed by atoms with Crippen LogP contribution in [-0.2, 0) is 14.8 Å². The summed E-state index contributed by atoms with van der Waals surface area (Å²) in [6.45, 7) is 2.71. The Balaban J connectivity index is 1.70. The van der Waals surface area contributed by atoms with Crippen molar-refractivity contribution in [3.8, 4) is 0 Å². The van der Waals surface area contributed by atoms with E-state index in [4.69, 9.17) is 0 Å². The maximum atomic E-state index is 12.6. The van der Waals surface area contributed by atoms with Crippen LogP contribution < -0.4 is 9.62 Å². The summed E-state index contributed by atoms with van der Waals surface area (Å²) in [5.74, 6) is 0.308. The van der Waals surface area contributed by atoms with Crippen LogP contribution in [0.2, 0.25) is 0 Å². The first-order chi connectivity index (χ1) is 14.7. The Morgan fingerprint density at radius 1 is 1.19 bits per heavy atom. The Bertz CT molecular complexity index is 907. The van der Waals surface area contributed by atoms with Gasteiger partial charge in [-0.1, -0.05) is 12.8 Å². The predicted octanol–water partition coefficient (Wildman–Crippen LogP) is 1.27. The molecule has 31 heavy (non-hydrogen) atoms. The van der Waals surface area contributed by atoms with Crippen LogP contribution in [0, 0.1) is 16.0 Å². The molecule has 172 valence electrons. The highest BCUT2D eigenvalue weighted by Crippen LogP contribution is 2.32. The molecule has 2 fully saturated rings. The summed E-state index contributed by atoms with van der Waals surface area (Å²) in [5, 5.41) is 11.7. The number of hydrogen-bond donors (Lipinski definition) is 1. The standard InChI is InChI=1S/C20H31N5O5S/c1-22(2)10-9-21-31(29,30)17-7-8-18(19(15-17)25(27)28)23-11-13-24(14-12-23)20(26)16-5-3-4-6-16/h7-8,15-16,21H,3-6,9-14H2,1-2H3. The largest absolute Gasteiger partial charge is 0.362 e. The number of nitro benzene ring substituents is 1. The van der Waals surface area contributed by atoms with Gasteiger partial charge < -0.3 is 14.7 Å². The minimum Gasteiger partial charge on any atom is -0.362 e. The summed E-state index contributed by atoms with van der Waals surface area (Å²) in [7, 11) is -0.185. The van der Waals surface area contributed by atoms with Crippen molar-refractivity contribution >= 4 is 27.3 Å². The van der Waals surface area contributed by atoms with E-state index >= 15 is 0 Å². The lowest BCUT2D eigenvalue weighted by molar-refractivity contribution is -0.384. The van der Waals surface area contributed by atoms with Crippen LogP contribution in [0.4, 0.5) is 11.4 Å². The zero-order valence-corrected chi connectivity index (χ0v) is 18.9. The van der Waals surface area contributed by atoms with Crippen LogP contribution in [-0.4, -0.2) is 82.4 Å². The molecule has 0 radical (unpaired) electrons. The van der Waals surface area contributed by atoms with E-state index in [2.05, 4.69) is 4.72 Å². The lowest BCUT2D eigenvalue weighted by atomic mass is 10.1. The van der Waals surface area contributed by atoms with E-state index in [1.807, 2.05) is 28.8 Å². The van der Waals surface area contributed by atoms with Gasteiger partial charge in [-0.3, -0.25) is 14.9 Å². The molecule has 1 aromatic carbocycles. The van der Waals surface area contributed by atoms with Crippen molar-refractivity contribution in [2.45, 2.75) is 30.6 Å². The topological polar surface area (TPSA) is 116 Å². The van der Waals surface area contributed by atoms with Crippen molar-refractivity contribution in [1.82, 2.24) is 14.5 Å². The van der Waals surface area contributed by atoms with Gasteiger partial charge >= 0.3 is 0 Å². The van der Waals surface area contributed by atoms with Gasteiger partial charge in [0.1, 0.15) is 5.69 Å². The van der Waals surface area contributed by atoms with Crippen LogP contribution >= 0.6 is 0 Å². The molecule has 11 heteroatoms. The highest BCUT2D eigenvalue weighted by molar-refractivity contribution is 7.89. The third kappa shape index (κ3) is 5.72. The molecular formula is C20H31N5O5S. The average molecular weight is 454 g/mol. The first kappa shape index (κ1) is 23.4. The zero-order valence-electron chi connectivity index (χ0n) is 18.1. The summed E-state index contributed by atoms with van der Waals surface area (Å²) < 4.78 is 27.5. The summed E-state index contributed by atoms with van der Waals surface area (Å²) in [5.41, 5.74) is 0.135. The van der Waals surface area contributed by atoms with Crippen molar-refractivity contribution in [1.29, 1.82) is 0 Å². The van der Waals surface area contributed by atoms with Crippen molar-refractivity contribution in [3.05, 3.63) is 28.3 Å². The molecule has 10 nitrogen and oxygen atoms in total. The summed E-state index contributed by atoms with van der Waals surface area (Å²) in [4.78, 5) is 29.2. The fraction of sp³-hybridized carbons (Fsp3) is 0.650. The summed E-state index contributed by atoms with van der Waals surface area (Å²) >= 11 is 0. The van der Waals surface area contributed by atoms with Crippen molar-refractivity contribution in [2.75, 3.05) is 58.3 Å². The minimum atomic E-state index is -3.84. The number of rotatable bonds is 8. The number of benzene rings is 1. The molecule has 1 saturated carbocycles. The number of anilines is 1. The zero-order chi connectivity index (χ0) is 22.6. The molecule has 1 amide bonds. The van der Waals surface area contributed by atoms with Gasteiger partial charge in [-0.2, -0.15) is 0 Å². The van der Waals surface area contributed by atoms with Crippen LogP contribution in [0.15, 0.2) is 23.1 Å². The third-order valence-corrected chi connectivity index (χ3v) is 7.40. The lowest BCUT2D eigenvalue weighted by Gasteiger charge is -2.37. The van der Waals surface area contributed by atoms with Gasteiger partial charge in [-0.25, -0.2) is 13.1 Å². The molecule has 1 aliphatic carbocycles. The highest BCUT2D eigenvalue weighted by Gasteiger charge is 2.31. The third-order valence-electron chi connectivity index (χ3n) is 5.94. The van der Waals surface area contributed by atoms with E-state index in [1.165, 1.54) is 12.1 Å². The Labute approximate surface area is 183 Å². The van der Waals surface area contributed by atoms with E-state index in [9.17, 15) is 23.3 Å². The number of sulfonamides is 1. The quantitative estimate of drug-likeness (QED) is 0.465. The maximum absolute atomic E-state index is 12.6. The predicted molar refractivity (Wildman–Crippen MR) is 118 cm³/mol. The number of nitrogens with one attached hydrogen (secondary N) is 1. The van der Waals surface area contributed by atoms with Crippen LogP contribution in [0.3, 0.4) is 0 Å². The van der Waals surface area contributed by atoms with Gasteiger partial charge in [0.05, 0.1) is 9.82 Å². The molecule has 2 aliphatic rings. The van der Waals surface area contributed by atoms with Crippen molar-refractivity contribution in [2.24, 2.45) is 5.92 Å². The molecule has 0 bridgehead atoms. The monoisotopic (exact) mass is 453 g/mol. The van der Waals surface area contributed by atoms with Gasteiger partial charge in [0, 0.05) is 51.3 Å². The highest BCUT2D eigenvalue weighted by atomic mass is 32.2. The van der Waals surface area contributed by atoms with Gasteiger partial charge in [-0.15, -0.1) is 0 Å². The Kier molecular flexibility index (Phi) is 7.50. The van der Waals surface area contributed by atoms with E-state index in [-0.39, 0.29) is 29.0 Å². The first-order valence-corrected chi connectivity index (χ1v) is 12.1. The number of likely N-dealkylation sites (N-methyl/N-ethyl adjacent to an activating group) is 1. The molecule has 0 spiro atoms. The second-order valence-corrected chi connectivity index (χ2v) is 10.2. The molecule has 1 heterocycles. The van der Waals surface area contributed by atoms with Crippen molar-refractivity contribution < 1.29 is 18.1 Å². The number of nitrogens with zero attached hydrogens (tertiary/aromatic N) is 4. The van der Waals surface area contributed by atoms with Crippen molar-refractivity contribution in [3.63, 3.8) is 0 Å². The van der Waals surface area contributed by atoms with E-state index in [1.54, 1.807) is 0 Å². The van der Waals surface area contributed by atoms with Gasteiger partial charge in [0.25, 0.3) is 5.69 Å². The molecule has 0 unspecified atom stereocenters. The molecule has 1 aliphatic heterocycles. The average Bonchev–Trinajstić information content (AvgIpc) is 3.27. The molecular weight excluding hydrogens is 422 g/mol. The van der Waals surface area contributed by atoms with E-state index in [0.29, 0.717) is 38.4 Å². The number of carbonyl (C=O) groups excluding carboxylic acids is 1. The number of hydrogen-bond acceptors (Lipinski definition) is 7.